The van der Waals surface area contributed by atoms with Gasteiger partial charge in [0.1, 0.15) is 11.6 Å². The lowest BCUT2D eigenvalue weighted by molar-refractivity contribution is 0.929. The monoisotopic (exact) mass is 465 g/mol. The van der Waals surface area contributed by atoms with Crippen LogP contribution in [0.3, 0.4) is 0 Å². The largest absolute Gasteiger partial charge is 0.309 e. The SMILES string of the molecule is [C-]#[N+]c1ccc(-n2c3ccccc3c3ccc(-c4ccc(C)cc4)cc32)cc1-c1nc(C)nc(C)n1. The lowest BCUT2D eigenvalue weighted by Gasteiger charge is -2.12. The molecule has 0 bridgehead atoms. The number of aryl methyl sites for hydroxylation is 3. The van der Waals surface area contributed by atoms with E-state index in [1.807, 2.05) is 32.0 Å². The van der Waals surface area contributed by atoms with Gasteiger partial charge in [0.2, 0.25) is 0 Å². The van der Waals surface area contributed by atoms with Crippen molar-refractivity contribution in [1.29, 1.82) is 0 Å². The molecule has 0 aliphatic rings. The molecule has 0 saturated carbocycles. The normalized spacial score (nSPS) is 11.2. The quantitative estimate of drug-likeness (QED) is 0.251. The first-order valence-corrected chi connectivity index (χ1v) is 11.8. The molecule has 0 amide bonds. The number of rotatable bonds is 3. The molecule has 0 aliphatic carbocycles. The van der Waals surface area contributed by atoms with Crippen LogP contribution >= 0.6 is 0 Å². The second kappa shape index (κ2) is 8.44. The molecule has 0 spiro atoms. The zero-order valence-electron chi connectivity index (χ0n) is 20.3. The highest BCUT2D eigenvalue weighted by Crippen LogP contribution is 2.37. The summed E-state index contributed by atoms with van der Waals surface area (Å²) in [6, 6.07) is 29.6. The highest BCUT2D eigenvalue weighted by Gasteiger charge is 2.16. The summed E-state index contributed by atoms with van der Waals surface area (Å²) in [4.78, 5) is 17.2. The first-order valence-electron chi connectivity index (χ1n) is 11.8. The Bertz CT molecular complexity index is 1800. The van der Waals surface area contributed by atoms with Gasteiger partial charge in [-0.3, -0.25) is 0 Å². The highest BCUT2D eigenvalue weighted by molar-refractivity contribution is 6.10. The molecular weight excluding hydrogens is 442 g/mol. The summed E-state index contributed by atoms with van der Waals surface area (Å²) in [5.41, 5.74) is 7.98. The van der Waals surface area contributed by atoms with E-state index >= 15 is 0 Å². The maximum Gasteiger partial charge on any atom is 0.198 e. The van der Waals surface area contributed by atoms with Crippen LogP contribution in [0.15, 0.2) is 84.9 Å². The van der Waals surface area contributed by atoms with Crippen molar-refractivity contribution in [2.75, 3.05) is 0 Å². The molecule has 6 aromatic rings. The van der Waals surface area contributed by atoms with Gasteiger partial charge in [-0.15, -0.1) is 0 Å². The summed E-state index contributed by atoms with van der Waals surface area (Å²) in [6.45, 7) is 13.5. The topological polar surface area (TPSA) is 48.0 Å². The predicted octanol–water partition coefficient (Wildman–Crippen LogP) is 7.78. The lowest BCUT2D eigenvalue weighted by Crippen LogP contribution is -2.00. The van der Waals surface area contributed by atoms with Crippen LogP contribution in [-0.2, 0) is 0 Å². The Morgan fingerprint density at radius 3 is 2.11 bits per heavy atom. The Kier molecular flexibility index (Phi) is 5.09. The van der Waals surface area contributed by atoms with Crippen molar-refractivity contribution < 1.29 is 0 Å². The number of fused-ring (bicyclic) bond motifs is 3. The minimum absolute atomic E-state index is 0.518. The van der Waals surface area contributed by atoms with Crippen molar-refractivity contribution in [2.24, 2.45) is 0 Å². The first kappa shape index (κ1) is 21.7. The molecule has 0 N–H and O–H groups in total. The Labute approximate surface area is 209 Å². The smallest absolute Gasteiger partial charge is 0.198 e. The number of nitrogens with zero attached hydrogens (tertiary/aromatic N) is 5. The first-order chi connectivity index (χ1) is 17.5. The average molecular weight is 466 g/mol. The summed E-state index contributed by atoms with van der Waals surface area (Å²) >= 11 is 0. The molecule has 5 heteroatoms. The van der Waals surface area contributed by atoms with Gasteiger partial charge in [0.05, 0.1) is 17.6 Å². The zero-order chi connectivity index (χ0) is 24.8. The van der Waals surface area contributed by atoms with E-state index in [2.05, 4.69) is 98.0 Å². The molecule has 2 aromatic heterocycles. The summed E-state index contributed by atoms with van der Waals surface area (Å²) in [6.07, 6.45) is 0. The highest BCUT2D eigenvalue weighted by atomic mass is 15.0. The van der Waals surface area contributed by atoms with Crippen LogP contribution in [0.25, 0.3) is 54.9 Å². The molecule has 172 valence electrons. The van der Waals surface area contributed by atoms with Crippen molar-refractivity contribution in [3.05, 3.63) is 114 Å². The van der Waals surface area contributed by atoms with Gasteiger partial charge in [-0.1, -0.05) is 66.2 Å². The molecule has 2 heterocycles. The van der Waals surface area contributed by atoms with Gasteiger partial charge in [-0.25, -0.2) is 19.8 Å². The Balaban J connectivity index is 1.63. The fourth-order valence-corrected chi connectivity index (χ4v) is 4.85. The minimum Gasteiger partial charge on any atom is -0.309 e. The van der Waals surface area contributed by atoms with Gasteiger partial charge >= 0.3 is 0 Å². The van der Waals surface area contributed by atoms with Crippen LogP contribution in [0.5, 0.6) is 0 Å². The molecule has 5 nitrogen and oxygen atoms in total. The summed E-state index contributed by atoms with van der Waals surface area (Å²) < 4.78 is 2.26. The molecule has 0 saturated heterocycles. The predicted molar refractivity (Wildman–Crippen MR) is 146 cm³/mol. The lowest BCUT2D eigenvalue weighted by atomic mass is 10.0. The summed E-state index contributed by atoms with van der Waals surface area (Å²) in [5, 5.41) is 2.37. The molecule has 0 atom stereocenters. The standard InChI is InChI=1S/C31H23N5/c1-19-9-11-22(12-10-19)23-13-15-26-25-7-5-6-8-29(25)36(30(26)17-23)24-14-16-28(32-4)27(18-24)31-34-20(2)33-21(3)35-31/h5-18H,1-3H3. The molecule has 4 aromatic carbocycles. The number of hydrogen-bond acceptors (Lipinski definition) is 3. The second-order valence-corrected chi connectivity index (χ2v) is 9.02. The number of aromatic nitrogens is 4. The zero-order valence-corrected chi connectivity index (χ0v) is 20.3. The summed E-state index contributed by atoms with van der Waals surface area (Å²) in [7, 11) is 0. The Morgan fingerprint density at radius 1 is 0.667 bits per heavy atom. The van der Waals surface area contributed by atoms with Crippen LogP contribution in [0.1, 0.15) is 17.2 Å². The van der Waals surface area contributed by atoms with Crippen LogP contribution in [0, 0.1) is 27.3 Å². The van der Waals surface area contributed by atoms with Crippen molar-refractivity contribution in [2.45, 2.75) is 20.8 Å². The average Bonchev–Trinajstić information content (AvgIpc) is 3.22. The third-order valence-corrected chi connectivity index (χ3v) is 6.52. The molecule has 36 heavy (non-hydrogen) atoms. The van der Waals surface area contributed by atoms with Crippen molar-refractivity contribution >= 4 is 27.5 Å². The molecular formula is C31H23N5. The van der Waals surface area contributed by atoms with Crippen LogP contribution in [-0.4, -0.2) is 19.5 Å². The van der Waals surface area contributed by atoms with E-state index in [0.29, 0.717) is 28.7 Å². The Hall–Kier alpha value is -4.82. The number of benzene rings is 4. The van der Waals surface area contributed by atoms with Crippen molar-refractivity contribution in [3.8, 4) is 28.2 Å². The maximum absolute atomic E-state index is 7.73. The van der Waals surface area contributed by atoms with Gasteiger partial charge in [0.15, 0.2) is 11.5 Å². The van der Waals surface area contributed by atoms with E-state index in [9.17, 15) is 0 Å². The van der Waals surface area contributed by atoms with Gasteiger partial charge < -0.3 is 4.57 Å². The van der Waals surface area contributed by atoms with Crippen molar-refractivity contribution in [3.63, 3.8) is 0 Å². The molecule has 0 radical (unpaired) electrons. The molecule has 0 fully saturated rings. The van der Waals surface area contributed by atoms with Gasteiger partial charge in [0, 0.05) is 22.0 Å². The molecule has 6 rings (SSSR count). The number of hydrogen-bond donors (Lipinski definition) is 0. The van der Waals surface area contributed by atoms with E-state index in [-0.39, 0.29) is 0 Å². The fraction of sp³-hybridized carbons (Fsp3) is 0.0968. The number of para-hydroxylation sites is 1. The van der Waals surface area contributed by atoms with E-state index in [1.54, 1.807) is 0 Å². The minimum atomic E-state index is 0.518. The third kappa shape index (κ3) is 3.60. The Morgan fingerprint density at radius 2 is 1.36 bits per heavy atom. The summed E-state index contributed by atoms with van der Waals surface area (Å²) in [5.74, 6) is 1.80. The molecule has 0 aliphatic heterocycles. The maximum atomic E-state index is 7.73. The van der Waals surface area contributed by atoms with Gasteiger partial charge in [0.25, 0.3) is 0 Å². The molecule has 0 unspecified atom stereocenters. The van der Waals surface area contributed by atoms with E-state index < -0.39 is 0 Å². The van der Waals surface area contributed by atoms with E-state index in [0.717, 1.165) is 22.3 Å². The van der Waals surface area contributed by atoms with Crippen LogP contribution in [0.2, 0.25) is 0 Å². The van der Waals surface area contributed by atoms with E-state index in [4.69, 9.17) is 6.57 Å². The van der Waals surface area contributed by atoms with Crippen molar-refractivity contribution in [1.82, 2.24) is 19.5 Å². The third-order valence-electron chi connectivity index (χ3n) is 6.52. The van der Waals surface area contributed by atoms with Crippen LogP contribution < -0.4 is 0 Å². The van der Waals surface area contributed by atoms with Gasteiger partial charge in [-0.2, -0.15) is 0 Å². The van der Waals surface area contributed by atoms with Crippen LogP contribution in [0.4, 0.5) is 5.69 Å². The van der Waals surface area contributed by atoms with E-state index in [1.165, 1.54) is 21.9 Å². The van der Waals surface area contributed by atoms with Gasteiger partial charge in [-0.05, 0) is 56.2 Å². The fourth-order valence-electron chi connectivity index (χ4n) is 4.85. The second-order valence-electron chi connectivity index (χ2n) is 9.02.